The molecule has 0 aromatic heterocycles. The SMILES string of the molecule is CC(C)OC(C)C(=O)N1CCOc2c(O)cc(-c3cccc(Cl)c3)cc2C1. The molecule has 0 bridgehead atoms. The van der Waals surface area contributed by atoms with Gasteiger partial charge in [-0.15, -0.1) is 0 Å². The van der Waals surface area contributed by atoms with Gasteiger partial charge in [0.25, 0.3) is 5.91 Å². The lowest BCUT2D eigenvalue weighted by Gasteiger charge is -2.25. The Bertz CT molecular complexity index is 837. The number of rotatable bonds is 4. The maximum absolute atomic E-state index is 12.7. The molecule has 1 aliphatic heterocycles. The Morgan fingerprint density at radius 3 is 2.70 bits per heavy atom. The van der Waals surface area contributed by atoms with Gasteiger partial charge in [-0.25, -0.2) is 0 Å². The second-order valence-corrected chi connectivity index (χ2v) is 7.37. The molecular weight excluding hydrogens is 366 g/mol. The first-order valence-corrected chi connectivity index (χ1v) is 9.42. The summed E-state index contributed by atoms with van der Waals surface area (Å²) < 4.78 is 11.4. The van der Waals surface area contributed by atoms with Gasteiger partial charge in [-0.3, -0.25) is 4.79 Å². The minimum atomic E-state index is -0.531. The van der Waals surface area contributed by atoms with Crippen molar-refractivity contribution in [2.75, 3.05) is 13.2 Å². The van der Waals surface area contributed by atoms with Crippen molar-refractivity contribution in [3.8, 4) is 22.6 Å². The summed E-state index contributed by atoms with van der Waals surface area (Å²) in [5.41, 5.74) is 2.46. The van der Waals surface area contributed by atoms with Gasteiger partial charge in [0.2, 0.25) is 0 Å². The molecule has 0 spiro atoms. The van der Waals surface area contributed by atoms with Crippen LogP contribution in [0.4, 0.5) is 0 Å². The van der Waals surface area contributed by atoms with E-state index >= 15 is 0 Å². The van der Waals surface area contributed by atoms with Crippen LogP contribution in [-0.2, 0) is 16.1 Å². The van der Waals surface area contributed by atoms with Crippen LogP contribution in [0.1, 0.15) is 26.3 Å². The summed E-state index contributed by atoms with van der Waals surface area (Å²) in [7, 11) is 0. The van der Waals surface area contributed by atoms with Crippen LogP contribution < -0.4 is 4.74 Å². The van der Waals surface area contributed by atoms with Gasteiger partial charge in [-0.05, 0) is 56.2 Å². The summed E-state index contributed by atoms with van der Waals surface area (Å²) in [6.07, 6.45) is -0.561. The van der Waals surface area contributed by atoms with Gasteiger partial charge in [0.1, 0.15) is 12.7 Å². The number of carbonyl (C=O) groups is 1. The van der Waals surface area contributed by atoms with E-state index in [2.05, 4.69) is 0 Å². The van der Waals surface area contributed by atoms with Gasteiger partial charge < -0.3 is 19.5 Å². The largest absolute Gasteiger partial charge is 0.504 e. The van der Waals surface area contributed by atoms with E-state index in [0.717, 1.165) is 16.7 Å². The number of fused-ring (bicyclic) bond motifs is 1. The van der Waals surface area contributed by atoms with E-state index in [1.54, 1.807) is 24.0 Å². The molecule has 3 rings (SSSR count). The van der Waals surface area contributed by atoms with E-state index < -0.39 is 6.10 Å². The highest BCUT2D eigenvalue weighted by atomic mass is 35.5. The van der Waals surface area contributed by atoms with Crippen molar-refractivity contribution in [2.24, 2.45) is 0 Å². The third-order valence-corrected chi connectivity index (χ3v) is 4.64. The fourth-order valence-corrected chi connectivity index (χ4v) is 3.44. The highest BCUT2D eigenvalue weighted by molar-refractivity contribution is 6.30. The molecule has 1 unspecified atom stereocenters. The first kappa shape index (κ1) is 19.5. The Hall–Kier alpha value is -2.24. The second-order valence-electron chi connectivity index (χ2n) is 6.93. The van der Waals surface area contributed by atoms with Crippen molar-refractivity contribution in [1.82, 2.24) is 4.90 Å². The number of carbonyl (C=O) groups excluding carboxylic acids is 1. The monoisotopic (exact) mass is 389 g/mol. The topological polar surface area (TPSA) is 59.0 Å². The van der Waals surface area contributed by atoms with Crippen LogP contribution in [0.3, 0.4) is 0 Å². The van der Waals surface area contributed by atoms with Crippen molar-refractivity contribution >= 4 is 17.5 Å². The van der Waals surface area contributed by atoms with Gasteiger partial charge in [0.15, 0.2) is 11.5 Å². The highest BCUT2D eigenvalue weighted by Gasteiger charge is 2.26. The lowest BCUT2D eigenvalue weighted by Crippen LogP contribution is -2.40. The van der Waals surface area contributed by atoms with Gasteiger partial charge >= 0.3 is 0 Å². The molecule has 0 saturated carbocycles. The summed E-state index contributed by atoms with van der Waals surface area (Å²) in [6.45, 7) is 6.67. The van der Waals surface area contributed by atoms with Crippen LogP contribution in [0.25, 0.3) is 11.1 Å². The molecule has 27 heavy (non-hydrogen) atoms. The zero-order valence-electron chi connectivity index (χ0n) is 15.7. The van der Waals surface area contributed by atoms with Crippen LogP contribution in [0, 0.1) is 0 Å². The molecule has 0 aliphatic carbocycles. The molecule has 5 nitrogen and oxygen atoms in total. The predicted octanol–water partition coefficient (Wildman–Crippen LogP) is 4.25. The van der Waals surface area contributed by atoms with E-state index in [1.807, 2.05) is 38.1 Å². The van der Waals surface area contributed by atoms with E-state index in [9.17, 15) is 9.90 Å². The fourth-order valence-electron chi connectivity index (χ4n) is 3.25. The Morgan fingerprint density at radius 1 is 1.22 bits per heavy atom. The first-order valence-electron chi connectivity index (χ1n) is 9.04. The second kappa shape index (κ2) is 8.19. The lowest BCUT2D eigenvalue weighted by atomic mass is 10.0. The lowest BCUT2D eigenvalue weighted by molar-refractivity contribution is -0.145. The third-order valence-electron chi connectivity index (χ3n) is 4.41. The Morgan fingerprint density at radius 2 is 2.00 bits per heavy atom. The summed E-state index contributed by atoms with van der Waals surface area (Å²) in [5.74, 6) is 0.393. The van der Waals surface area contributed by atoms with Gasteiger partial charge in [0, 0.05) is 17.1 Å². The number of ether oxygens (including phenoxy) is 2. The van der Waals surface area contributed by atoms with Gasteiger partial charge in [-0.1, -0.05) is 23.7 Å². The Balaban J connectivity index is 1.91. The summed E-state index contributed by atoms with van der Waals surface area (Å²) in [6, 6.07) is 11.0. The van der Waals surface area contributed by atoms with Crippen molar-refractivity contribution in [3.63, 3.8) is 0 Å². The molecule has 0 radical (unpaired) electrons. The summed E-state index contributed by atoms with van der Waals surface area (Å²) in [4.78, 5) is 14.5. The quantitative estimate of drug-likeness (QED) is 0.849. The molecule has 2 aromatic rings. The molecule has 0 saturated heterocycles. The summed E-state index contributed by atoms with van der Waals surface area (Å²) in [5, 5.41) is 11.1. The number of aromatic hydroxyl groups is 1. The zero-order valence-corrected chi connectivity index (χ0v) is 16.5. The molecule has 1 heterocycles. The number of benzene rings is 2. The molecular formula is C21H24ClNO4. The minimum absolute atomic E-state index is 0.0297. The molecule has 144 valence electrons. The van der Waals surface area contributed by atoms with E-state index in [4.69, 9.17) is 21.1 Å². The van der Waals surface area contributed by atoms with Crippen molar-refractivity contribution in [1.29, 1.82) is 0 Å². The maximum atomic E-state index is 12.7. The number of phenolic OH excluding ortho intramolecular Hbond substituents is 1. The van der Waals surface area contributed by atoms with E-state index in [1.165, 1.54) is 0 Å². The molecule has 2 aromatic carbocycles. The number of amides is 1. The molecule has 6 heteroatoms. The Kier molecular flexibility index (Phi) is 5.92. The normalized spacial score (nSPS) is 15.1. The molecule has 0 fully saturated rings. The maximum Gasteiger partial charge on any atom is 0.251 e. The van der Waals surface area contributed by atoms with Gasteiger partial charge in [0.05, 0.1) is 12.6 Å². The molecule has 1 amide bonds. The number of phenols is 1. The number of nitrogens with zero attached hydrogens (tertiary/aromatic N) is 1. The van der Waals surface area contributed by atoms with Crippen LogP contribution in [0.5, 0.6) is 11.5 Å². The van der Waals surface area contributed by atoms with Crippen LogP contribution in [0.2, 0.25) is 5.02 Å². The van der Waals surface area contributed by atoms with E-state index in [-0.39, 0.29) is 17.8 Å². The smallest absolute Gasteiger partial charge is 0.251 e. The standard InChI is InChI=1S/C21H24ClNO4/c1-13(2)27-14(3)21(25)23-7-8-26-20-17(12-23)9-16(11-19(20)24)15-5-4-6-18(22)10-15/h4-6,9-11,13-14,24H,7-8,12H2,1-3H3. The van der Waals surface area contributed by atoms with Gasteiger partial charge in [-0.2, -0.15) is 0 Å². The zero-order chi connectivity index (χ0) is 19.6. The van der Waals surface area contributed by atoms with E-state index in [0.29, 0.717) is 30.5 Å². The molecule has 1 N–H and O–H groups in total. The third kappa shape index (κ3) is 4.54. The highest BCUT2D eigenvalue weighted by Crippen LogP contribution is 2.38. The summed E-state index contributed by atoms with van der Waals surface area (Å²) >= 11 is 6.09. The van der Waals surface area contributed by atoms with Crippen LogP contribution >= 0.6 is 11.6 Å². The number of hydrogen-bond donors (Lipinski definition) is 1. The first-order chi connectivity index (χ1) is 12.8. The number of hydrogen-bond acceptors (Lipinski definition) is 4. The molecule has 1 aliphatic rings. The predicted molar refractivity (Wildman–Crippen MR) is 105 cm³/mol. The minimum Gasteiger partial charge on any atom is -0.504 e. The van der Waals surface area contributed by atoms with Crippen molar-refractivity contribution in [2.45, 2.75) is 39.5 Å². The van der Waals surface area contributed by atoms with Crippen molar-refractivity contribution in [3.05, 3.63) is 47.0 Å². The molecule has 1 atom stereocenters. The Labute approximate surface area is 164 Å². The average molecular weight is 390 g/mol. The average Bonchev–Trinajstić information content (AvgIpc) is 2.83. The fraction of sp³-hybridized carbons (Fsp3) is 0.381. The van der Waals surface area contributed by atoms with Crippen LogP contribution in [-0.4, -0.2) is 41.3 Å². The number of halogens is 1. The van der Waals surface area contributed by atoms with Crippen LogP contribution in [0.15, 0.2) is 36.4 Å². The van der Waals surface area contributed by atoms with Crippen molar-refractivity contribution < 1.29 is 19.4 Å².